The van der Waals surface area contributed by atoms with Crippen molar-refractivity contribution in [2.75, 3.05) is 6.54 Å². The predicted molar refractivity (Wildman–Crippen MR) is 107 cm³/mol. The van der Waals surface area contributed by atoms with Crippen LogP contribution >= 0.6 is 11.6 Å². The maximum atomic E-state index is 11.8. The van der Waals surface area contributed by atoms with Crippen LogP contribution in [0, 0.1) is 6.92 Å². The SMILES string of the molecule is Cc1ccccc1-c1cn(CCNC(=O)OC(C)(C)C)c2nc(Cl)ncc12. The molecule has 6 nitrogen and oxygen atoms in total. The summed E-state index contributed by atoms with van der Waals surface area (Å²) in [6.07, 6.45) is 3.32. The van der Waals surface area contributed by atoms with E-state index in [1.54, 1.807) is 6.20 Å². The van der Waals surface area contributed by atoms with Crippen LogP contribution in [0.25, 0.3) is 22.2 Å². The number of aryl methyl sites for hydroxylation is 1. The maximum absolute atomic E-state index is 11.8. The lowest BCUT2D eigenvalue weighted by molar-refractivity contribution is 0.0526. The van der Waals surface area contributed by atoms with Gasteiger partial charge in [-0.2, -0.15) is 4.98 Å². The van der Waals surface area contributed by atoms with Crippen LogP contribution in [0.1, 0.15) is 26.3 Å². The molecule has 27 heavy (non-hydrogen) atoms. The number of ether oxygens (including phenoxy) is 1. The molecule has 1 aromatic carbocycles. The lowest BCUT2D eigenvalue weighted by Crippen LogP contribution is -2.34. The fraction of sp³-hybridized carbons (Fsp3) is 0.350. The highest BCUT2D eigenvalue weighted by atomic mass is 35.5. The van der Waals surface area contributed by atoms with Gasteiger partial charge in [0.05, 0.1) is 0 Å². The van der Waals surface area contributed by atoms with Gasteiger partial charge >= 0.3 is 6.09 Å². The number of halogens is 1. The zero-order chi connectivity index (χ0) is 19.6. The molecule has 0 aliphatic carbocycles. The summed E-state index contributed by atoms with van der Waals surface area (Å²) in [5, 5.41) is 3.88. The van der Waals surface area contributed by atoms with E-state index < -0.39 is 11.7 Å². The Balaban J connectivity index is 1.87. The van der Waals surface area contributed by atoms with E-state index in [-0.39, 0.29) is 5.28 Å². The molecule has 2 aromatic heterocycles. The molecule has 2 heterocycles. The lowest BCUT2D eigenvalue weighted by atomic mass is 10.0. The molecule has 3 aromatic rings. The second-order valence-corrected chi connectivity index (χ2v) is 7.69. The molecule has 142 valence electrons. The Morgan fingerprint density at radius 1 is 1.26 bits per heavy atom. The highest BCUT2D eigenvalue weighted by molar-refractivity contribution is 6.28. The standard InChI is InChI=1S/C20H23ClN4O2/c1-13-7-5-6-8-14(13)16-12-25(17-15(16)11-23-18(21)24-17)10-9-22-19(26)27-20(2,3)4/h5-8,11-12H,9-10H2,1-4H3,(H,22,26). The average Bonchev–Trinajstić information content (AvgIpc) is 2.91. The van der Waals surface area contributed by atoms with Gasteiger partial charge in [-0.25, -0.2) is 9.78 Å². The van der Waals surface area contributed by atoms with Crippen molar-refractivity contribution in [3.8, 4) is 11.1 Å². The molecule has 0 spiro atoms. The van der Waals surface area contributed by atoms with Gasteiger partial charge in [0.15, 0.2) is 0 Å². The van der Waals surface area contributed by atoms with Gasteiger partial charge in [-0.1, -0.05) is 24.3 Å². The largest absolute Gasteiger partial charge is 0.444 e. The molecule has 0 atom stereocenters. The van der Waals surface area contributed by atoms with Crippen LogP contribution in [0.5, 0.6) is 0 Å². The van der Waals surface area contributed by atoms with Crippen molar-refractivity contribution in [1.29, 1.82) is 0 Å². The Labute approximate surface area is 163 Å². The van der Waals surface area contributed by atoms with Gasteiger partial charge in [0.1, 0.15) is 11.2 Å². The molecule has 0 fully saturated rings. The van der Waals surface area contributed by atoms with Crippen molar-refractivity contribution in [3.05, 3.63) is 47.5 Å². The molecule has 1 N–H and O–H groups in total. The Morgan fingerprint density at radius 2 is 2.00 bits per heavy atom. The summed E-state index contributed by atoms with van der Waals surface area (Å²) < 4.78 is 7.24. The maximum Gasteiger partial charge on any atom is 0.407 e. The fourth-order valence-electron chi connectivity index (χ4n) is 2.90. The Bertz CT molecular complexity index is 976. The fourth-order valence-corrected chi connectivity index (χ4v) is 3.03. The summed E-state index contributed by atoms with van der Waals surface area (Å²) in [5.41, 5.74) is 3.53. The van der Waals surface area contributed by atoms with Gasteiger partial charge < -0.3 is 14.6 Å². The van der Waals surface area contributed by atoms with E-state index in [0.717, 1.165) is 22.2 Å². The minimum absolute atomic E-state index is 0.193. The number of amides is 1. The van der Waals surface area contributed by atoms with Crippen molar-refractivity contribution in [3.63, 3.8) is 0 Å². The Hall–Kier alpha value is -2.60. The summed E-state index contributed by atoms with van der Waals surface area (Å²) in [6, 6.07) is 8.16. The molecule has 0 radical (unpaired) electrons. The van der Waals surface area contributed by atoms with Crippen molar-refractivity contribution in [2.45, 2.75) is 39.8 Å². The molecule has 7 heteroatoms. The minimum atomic E-state index is -0.525. The number of rotatable bonds is 4. The highest BCUT2D eigenvalue weighted by Gasteiger charge is 2.17. The van der Waals surface area contributed by atoms with Crippen molar-refractivity contribution < 1.29 is 9.53 Å². The predicted octanol–water partition coefficient (Wildman–Crippen LogP) is 4.58. The first-order valence-electron chi connectivity index (χ1n) is 8.79. The Kier molecular flexibility index (Phi) is 5.37. The van der Waals surface area contributed by atoms with Crippen LogP contribution in [0.3, 0.4) is 0 Å². The second-order valence-electron chi connectivity index (χ2n) is 7.36. The van der Waals surface area contributed by atoms with Crippen LogP contribution in [0.15, 0.2) is 36.7 Å². The topological polar surface area (TPSA) is 69.0 Å². The van der Waals surface area contributed by atoms with E-state index in [1.807, 2.05) is 43.7 Å². The van der Waals surface area contributed by atoms with Gasteiger partial charge in [0, 0.05) is 36.4 Å². The molecule has 0 saturated heterocycles. The molecule has 1 amide bonds. The number of nitrogens with one attached hydrogen (secondary N) is 1. The number of carbonyl (C=O) groups excluding carboxylic acids is 1. The third-order valence-corrected chi connectivity index (χ3v) is 4.22. The summed E-state index contributed by atoms with van der Waals surface area (Å²) >= 11 is 6.01. The van der Waals surface area contributed by atoms with Crippen LogP contribution in [-0.2, 0) is 11.3 Å². The first-order valence-corrected chi connectivity index (χ1v) is 9.16. The zero-order valence-corrected chi connectivity index (χ0v) is 16.7. The van der Waals surface area contributed by atoms with Crippen molar-refractivity contribution >= 4 is 28.7 Å². The van der Waals surface area contributed by atoms with E-state index in [1.165, 1.54) is 5.56 Å². The summed E-state index contributed by atoms with van der Waals surface area (Å²) in [4.78, 5) is 20.4. The molecule has 0 saturated carbocycles. The summed E-state index contributed by atoms with van der Waals surface area (Å²) in [5.74, 6) is 0. The number of nitrogens with zero attached hydrogens (tertiary/aromatic N) is 3. The number of carbonyl (C=O) groups is 1. The van der Waals surface area contributed by atoms with Gasteiger partial charge in [0.25, 0.3) is 0 Å². The third kappa shape index (κ3) is 4.57. The molecule has 0 aliphatic heterocycles. The smallest absolute Gasteiger partial charge is 0.407 e. The van der Waals surface area contributed by atoms with Gasteiger partial charge in [-0.3, -0.25) is 0 Å². The molecular formula is C20H23ClN4O2. The first kappa shape index (κ1) is 19.2. The molecule has 0 bridgehead atoms. The summed E-state index contributed by atoms with van der Waals surface area (Å²) in [6.45, 7) is 8.51. The van der Waals surface area contributed by atoms with Crippen LogP contribution in [-0.4, -0.2) is 32.8 Å². The van der Waals surface area contributed by atoms with E-state index in [2.05, 4.69) is 34.3 Å². The van der Waals surface area contributed by atoms with Crippen LogP contribution < -0.4 is 5.32 Å². The number of benzene rings is 1. The molecule has 0 aliphatic rings. The number of hydrogen-bond acceptors (Lipinski definition) is 4. The molecule has 3 rings (SSSR count). The van der Waals surface area contributed by atoms with Gasteiger partial charge in [-0.15, -0.1) is 0 Å². The Morgan fingerprint density at radius 3 is 2.70 bits per heavy atom. The first-order chi connectivity index (χ1) is 12.7. The van der Waals surface area contributed by atoms with Crippen LogP contribution in [0.2, 0.25) is 5.28 Å². The monoisotopic (exact) mass is 386 g/mol. The van der Waals surface area contributed by atoms with Crippen LogP contribution in [0.4, 0.5) is 4.79 Å². The van der Waals surface area contributed by atoms with Crippen molar-refractivity contribution in [1.82, 2.24) is 19.9 Å². The lowest BCUT2D eigenvalue weighted by Gasteiger charge is -2.19. The summed E-state index contributed by atoms with van der Waals surface area (Å²) in [7, 11) is 0. The molecular weight excluding hydrogens is 364 g/mol. The van der Waals surface area contributed by atoms with Gasteiger partial charge in [-0.05, 0) is 50.4 Å². The third-order valence-electron chi connectivity index (χ3n) is 4.04. The van der Waals surface area contributed by atoms with E-state index in [0.29, 0.717) is 13.1 Å². The number of aromatic nitrogens is 3. The van der Waals surface area contributed by atoms with E-state index in [9.17, 15) is 4.79 Å². The minimum Gasteiger partial charge on any atom is -0.444 e. The van der Waals surface area contributed by atoms with Crippen molar-refractivity contribution in [2.24, 2.45) is 0 Å². The zero-order valence-electron chi connectivity index (χ0n) is 15.9. The number of alkyl carbamates (subject to hydrolysis) is 1. The normalized spacial score (nSPS) is 11.6. The number of hydrogen-bond donors (Lipinski definition) is 1. The molecule has 0 unspecified atom stereocenters. The number of fused-ring (bicyclic) bond motifs is 1. The van der Waals surface area contributed by atoms with Gasteiger partial charge in [0.2, 0.25) is 5.28 Å². The highest BCUT2D eigenvalue weighted by Crippen LogP contribution is 2.31. The quantitative estimate of drug-likeness (QED) is 0.666. The van der Waals surface area contributed by atoms with E-state index in [4.69, 9.17) is 16.3 Å². The van der Waals surface area contributed by atoms with E-state index >= 15 is 0 Å². The average molecular weight is 387 g/mol. The second kappa shape index (κ2) is 7.56.